The Hall–Kier alpha value is -3.11. The Morgan fingerprint density at radius 1 is 1.08 bits per heavy atom. The second-order valence-electron chi connectivity index (χ2n) is 5.63. The molecule has 1 heterocycles. The number of aromatic nitrogens is 3. The second-order valence-corrected chi connectivity index (χ2v) is 6.96. The number of nitrogen functional groups attached to an aromatic ring is 1. The first-order valence-corrected chi connectivity index (χ1v) is 9.13. The smallest absolute Gasteiger partial charge is 0.232 e. The van der Waals surface area contributed by atoms with E-state index < -0.39 is 0 Å². The molecule has 2 aromatic carbocycles. The number of para-hydroxylation sites is 1. The summed E-state index contributed by atoms with van der Waals surface area (Å²) in [5.41, 5.74) is 8.54. The summed E-state index contributed by atoms with van der Waals surface area (Å²) in [5.74, 6) is 2.05. The fourth-order valence-corrected chi connectivity index (χ4v) is 3.16. The normalized spacial score (nSPS) is 11.5. The number of nitrogens with one attached hydrogen (secondary N) is 1. The maximum absolute atomic E-state index is 8.86. The largest absolute Gasteiger partial charge is 0.368 e. The maximum Gasteiger partial charge on any atom is 0.232 e. The van der Waals surface area contributed by atoms with Gasteiger partial charge in [-0.1, -0.05) is 30.3 Å². The molecule has 0 amide bonds. The SMILES string of the molecule is CC(SCc1ccc(C#N)cc1)c1nc(N)nc(Nc2ccccc2)n1. The van der Waals surface area contributed by atoms with E-state index in [4.69, 9.17) is 11.0 Å². The van der Waals surface area contributed by atoms with Crippen LogP contribution in [0.2, 0.25) is 0 Å². The Kier molecular flexibility index (Phi) is 5.66. The van der Waals surface area contributed by atoms with Crippen molar-refractivity contribution in [1.29, 1.82) is 5.26 Å². The highest BCUT2D eigenvalue weighted by Gasteiger charge is 2.13. The summed E-state index contributed by atoms with van der Waals surface area (Å²) in [5, 5.41) is 12.1. The summed E-state index contributed by atoms with van der Waals surface area (Å²) in [6.07, 6.45) is 0. The zero-order valence-corrected chi connectivity index (χ0v) is 15.1. The molecule has 0 aliphatic heterocycles. The summed E-state index contributed by atoms with van der Waals surface area (Å²) in [6.45, 7) is 2.04. The molecule has 3 aromatic rings. The predicted molar refractivity (Wildman–Crippen MR) is 105 cm³/mol. The lowest BCUT2D eigenvalue weighted by molar-refractivity contribution is 0.896. The van der Waals surface area contributed by atoms with Gasteiger partial charge in [-0.15, -0.1) is 11.8 Å². The monoisotopic (exact) mass is 362 g/mol. The van der Waals surface area contributed by atoms with Crippen LogP contribution in [0.15, 0.2) is 54.6 Å². The maximum atomic E-state index is 8.86. The Morgan fingerprint density at radius 3 is 2.50 bits per heavy atom. The molecular formula is C19H18N6S. The first kappa shape index (κ1) is 17.7. The molecule has 0 radical (unpaired) electrons. The average Bonchev–Trinajstić information content (AvgIpc) is 2.67. The number of thioether (sulfide) groups is 1. The van der Waals surface area contributed by atoms with Crippen LogP contribution in [-0.4, -0.2) is 15.0 Å². The van der Waals surface area contributed by atoms with Gasteiger partial charge in [0.15, 0.2) is 0 Å². The third-order valence-electron chi connectivity index (χ3n) is 3.65. The fraction of sp³-hybridized carbons (Fsp3) is 0.158. The van der Waals surface area contributed by atoms with Crippen molar-refractivity contribution < 1.29 is 0 Å². The van der Waals surface area contributed by atoms with Gasteiger partial charge in [-0.2, -0.15) is 20.2 Å². The highest BCUT2D eigenvalue weighted by Crippen LogP contribution is 2.29. The first-order chi connectivity index (χ1) is 12.6. The minimum absolute atomic E-state index is 0.0484. The van der Waals surface area contributed by atoms with Crippen molar-refractivity contribution in [3.8, 4) is 6.07 Å². The molecule has 1 aromatic heterocycles. The lowest BCUT2D eigenvalue weighted by Gasteiger charge is -2.12. The van der Waals surface area contributed by atoms with E-state index in [1.165, 1.54) is 0 Å². The third-order valence-corrected chi connectivity index (χ3v) is 4.86. The molecule has 1 unspecified atom stereocenters. The van der Waals surface area contributed by atoms with Crippen molar-refractivity contribution in [3.05, 3.63) is 71.5 Å². The number of anilines is 3. The quantitative estimate of drug-likeness (QED) is 0.682. The van der Waals surface area contributed by atoms with Crippen molar-refractivity contribution in [2.75, 3.05) is 11.1 Å². The second kappa shape index (κ2) is 8.32. The molecular weight excluding hydrogens is 344 g/mol. The highest BCUT2D eigenvalue weighted by molar-refractivity contribution is 7.98. The molecule has 0 spiro atoms. The molecule has 1 atom stereocenters. The van der Waals surface area contributed by atoms with Crippen molar-refractivity contribution in [1.82, 2.24) is 15.0 Å². The average molecular weight is 362 g/mol. The van der Waals surface area contributed by atoms with Gasteiger partial charge in [-0.3, -0.25) is 0 Å². The molecule has 3 N–H and O–H groups in total. The van der Waals surface area contributed by atoms with Gasteiger partial charge >= 0.3 is 0 Å². The van der Waals surface area contributed by atoms with Gasteiger partial charge in [0.1, 0.15) is 5.82 Å². The molecule has 26 heavy (non-hydrogen) atoms. The Labute approximate surface area is 156 Å². The molecule has 0 saturated heterocycles. The third kappa shape index (κ3) is 4.71. The van der Waals surface area contributed by atoms with Crippen LogP contribution < -0.4 is 11.1 Å². The number of nitrogens with zero attached hydrogens (tertiary/aromatic N) is 4. The van der Waals surface area contributed by atoms with Crippen molar-refractivity contribution >= 4 is 29.3 Å². The Balaban J connectivity index is 1.68. The van der Waals surface area contributed by atoms with Crippen LogP contribution in [0, 0.1) is 11.3 Å². The molecule has 0 aliphatic carbocycles. The molecule has 3 rings (SSSR count). The molecule has 7 heteroatoms. The van der Waals surface area contributed by atoms with Crippen LogP contribution in [-0.2, 0) is 5.75 Å². The predicted octanol–water partition coefficient (Wildman–Crippen LogP) is 4.06. The van der Waals surface area contributed by atoms with E-state index in [0.717, 1.165) is 17.0 Å². The van der Waals surface area contributed by atoms with E-state index in [9.17, 15) is 0 Å². The van der Waals surface area contributed by atoms with Gasteiger partial charge in [-0.05, 0) is 36.8 Å². The standard InChI is InChI=1S/C19H18N6S/c1-13(26-12-15-9-7-14(11-20)8-10-15)17-23-18(21)25-19(24-17)22-16-5-3-2-4-6-16/h2-10,13H,12H2,1H3,(H3,21,22,23,24,25). The molecule has 130 valence electrons. The number of nitriles is 1. The van der Waals surface area contributed by atoms with Crippen LogP contribution in [0.3, 0.4) is 0 Å². The van der Waals surface area contributed by atoms with E-state index in [1.807, 2.05) is 61.5 Å². The van der Waals surface area contributed by atoms with Gasteiger partial charge in [0, 0.05) is 11.4 Å². The van der Waals surface area contributed by atoms with Crippen LogP contribution in [0.4, 0.5) is 17.6 Å². The van der Waals surface area contributed by atoms with E-state index >= 15 is 0 Å². The lowest BCUT2D eigenvalue weighted by Crippen LogP contribution is -2.08. The minimum atomic E-state index is 0.0484. The fourth-order valence-electron chi connectivity index (χ4n) is 2.27. The summed E-state index contributed by atoms with van der Waals surface area (Å²) in [4.78, 5) is 12.9. The van der Waals surface area contributed by atoms with E-state index in [2.05, 4.69) is 26.3 Å². The molecule has 0 bridgehead atoms. The van der Waals surface area contributed by atoms with Gasteiger partial charge in [0.2, 0.25) is 11.9 Å². The van der Waals surface area contributed by atoms with E-state index in [0.29, 0.717) is 17.3 Å². The number of nitrogens with two attached hydrogens (primary N) is 1. The van der Waals surface area contributed by atoms with Gasteiger partial charge in [-0.25, -0.2) is 0 Å². The Bertz CT molecular complexity index is 906. The highest BCUT2D eigenvalue weighted by atomic mass is 32.2. The zero-order valence-electron chi connectivity index (χ0n) is 14.3. The summed E-state index contributed by atoms with van der Waals surface area (Å²) in [7, 11) is 0. The van der Waals surface area contributed by atoms with Crippen LogP contribution in [0.25, 0.3) is 0 Å². The number of hydrogen-bond acceptors (Lipinski definition) is 7. The minimum Gasteiger partial charge on any atom is -0.368 e. The van der Waals surface area contributed by atoms with Gasteiger partial charge < -0.3 is 11.1 Å². The van der Waals surface area contributed by atoms with Crippen molar-refractivity contribution in [3.63, 3.8) is 0 Å². The molecule has 0 fully saturated rings. The summed E-state index contributed by atoms with van der Waals surface area (Å²) >= 11 is 1.70. The number of hydrogen-bond donors (Lipinski definition) is 2. The van der Waals surface area contributed by atoms with Crippen molar-refractivity contribution in [2.24, 2.45) is 0 Å². The van der Waals surface area contributed by atoms with E-state index in [-0.39, 0.29) is 11.2 Å². The summed E-state index contributed by atoms with van der Waals surface area (Å²) in [6, 6.07) is 19.4. The topological polar surface area (TPSA) is 101 Å². The lowest BCUT2D eigenvalue weighted by atomic mass is 10.2. The Morgan fingerprint density at radius 2 is 1.81 bits per heavy atom. The first-order valence-electron chi connectivity index (χ1n) is 8.08. The summed E-state index contributed by atoms with van der Waals surface area (Å²) < 4.78 is 0. The van der Waals surface area contributed by atoms with Crippen LogP contribution in [0.5, 0.6) is 0 Å². The number of rotatable bonds is 6. The zero-order chi connectivity index (χ0) is 18.4. The number of benzene rings is 2. The van der Waals surface area contributed by atoms with Gasteiger partial charge in [0.25, 0.3) is 0 Å². The molecule has 6 nitrogen and oxygen atoms in total. The molecule has 0 saturated carbocycles. The van der Waals surface area contributed by atoms with Gasteiger partial charge in [0.05, 0.1) is 16.9 Å². The van der Waals surface area contributed by atoms with Crippen molar-refractivity contribution in [2.45, 2.75) is 17.9 Å². The van der Waals surface area contributed by atoms with E-state index in [1.54, 1.807) is 11.8 Å². The van der Waals surface area contributed by atoms with Crippen LogP contribution >= 0.6 is 11.8 Å². The van der Waals surface area contributed by atoms with Crippen LogP contribution in [0.1, 0.15) is 29.1 Å². The molecule has 0 aliphatic rings.